The number of fused-ring (bicyclic) bond motifs is 1. The number of phenolic OH excluding ortho intramolecular Hbond substituents is 2. The lowest BCUT2D eigenvalue weighted by Crippen LogP contribution is -1.77. The van der Waals surface area contributed by atoms with Gasteiger partial charge < -0.3 is 10.2 Å². The first-order chi connectivity index (χ1) is 6.16. The summed E-state index contributed by atoms with van der Waals surface area (Å²) in [4.78, 5) is 0. The quantitative estimate of drug-likeness (QED) is 0.644. The summed E-state index contributed by atoms with van der Waals surface area (Å²) in [5.74, 6) is 0.387. The van der Waals surface area contributed by atoms with E-state index in [4.69, 9.17) is 0 Å². The zero-order chi connectivity index (χ0) is 9.42. The molecule has 0 heterocycles. The van der Waals surface area contributed by atoms with E-state index in [9.17, 15) is 10.2 Å². The number of hydrogen-bond acceptors (Lipinski definition) is 2. The summed E-state index contributed by atoms with van der Waals surface area (Å²) < 4.78 is 0. The smallest absolute Gasteiger partial charge is 0.123 e. The molecule has 2 rings (SSSR count). The van der Waals surface area contributed by atoms with E-state index in [0.29, 0.717) is 5.39 Å². The Hall–Kier alpha value is -1.70. The van der Waals surface area contributed by atoms with Gasteiger partial charge in [0.2, 0.25) is 0 Å². The van der Waals surface area contributed by atoms with E-state index in [1.807, 2.05) is 13.0 Å². The van der Waals surface area contributed by atoms with Crippen molar-refractivity contribution in [2.45, 2.75) is 6.92 Å². The highest BCUT2D eigenvalue weighted by Gasteiger charge is 2.01. The average molecular weight is 174 g/mol. The highest BCUT2D eigenvalue weighted by molar-refractivity contribution is 5.89. The van der Waals surface area contributed by atoms with Crippen LogP contribution in [0.4, 0.5) is 0 Å². The second-order valence-corrected chi connectivity index (χ2v) is 3.19. The second-order valence-electron chi connectivity index (χ2n) is 3.19. The number of aromatic hydroxyl groups is 2. The first-order valence-corrected chi connectivity index (χ1v) is 4.09. The molecule has 0 aliphatic rings. The molecule has 2 N–H and O–H groups in total. The summed E-state index contributed by atoms with van der Waals surface area (Å²) in [7, 11) is 0. The van der Waals surface area contributed by atoms with Gasteiger partial charge in [0.05, 0.1) is 0 Å². The van der Waals surface area contributed by atoms with Crippen molar-refractivity contribution in [1.82, 2.24) is 0 Å². The van der Waals surface area contributed by atoms with Gasteiger partial charge in [-0.05, 0) is 36.1 Å². The van der Waals surface area contributed by atoms with E-state index < -0.39 is 0 Å². The maximum absolute atomic E-state index is 9.57. The topological polar surface area (TPSA) is 40.5 Å². The number of phenols is 2. The van der Waals surface area contributed by atoms with Gasteiger partial charge in [0.1, 0.15) is 11.5 Å². The fourth-order valence-corrected chi connectivity index (χ4v) is 1.47. The van der Waals surface area contributed by atoms with Crippen molar-refractivity contribution in [3.8, 4) is 11.5 Å². The number of hydrogen-bond donors (Lipinski definition) is 2. The Balaban J connectivity index is 2.87. The van der Waals surface area contributed by atoms with E-state index >= 15 is 0 Å². The molecule has 0 spiro atoms. The Labute approximate surface area is 76.1 Å². The Kier molecular flexibility index (Phi) is 1.62. The molecule has 66 valence electrons. The Morgan fingerprint density at radius 3 is 2.54 bits per heavy atom. The van der Waals surface area contributed by atoms with Crippen LogP contribution < -0.4 is 0 Å². The third kappa shape index (κ3) is 1.31. The molecule has 0 aliphatic carbocycles. The fourth-order valence-electron chi connectivity index (χ4n) is 1.47. The maximum atomic E-state index is 9.57. The lowest BCUT2D eigenvalue weighted by molar-refractivity contribution is 0.471. The normalized spacial score (nSPS) is 10.5. The molecule has 0 fully saturated rings. The van der Waals surface area contributed by atoms with Crippen molar-refractivity contribution in [2.24, 2.45) is 0 Å². The van der Waals surface area contributed by atoms with Gasteiger partial charge in [0.25, 0.3) is 0 Å². The van der Waals surface area contributed by atoms with Gasteiger partial charge >= 0.3 is 0 Å². The number of benzene rings is 2. The monoisotopic (exact) mass is 174 g/mol. The van der Waals surface area contributed by atoms with Gasteiger partial charge in [-0.1, -0.05) is 12.1 Å². The first-order valence-electron chi connectivity index (χ1n) is 4.09. The predicted molar refractivity (Wildman–Crippen MR) is 52.0 cm³/mol. The lowest BCUT2D eigenvalue weighted by Gasteiger charge is -2.03. The van der Waals surface area contributed by atoms with Crippen molar-refractivity contribution >= 4 is 10.8 Å². The molecule has 0 aromatic heterocycles. The molecular weight excluding hydrogens is 164 g/mol. The van der Waals surface area contributed by atoms with E-state index in [1.165, 1.54) is 0 Å². The van der Waals surface area contributed by atoms with Gasteiger partial charge in [-0.3, -0.25) is 0 Å². The molecule has 0 saturated heterocycles. The summed E-state index contributed by atoms with van der Waals surface area (Å²) in [5, 5.41) is 20.4. The Bertz CT molecular complexity index is 461. The summed E-state index contributed by atoms with van der Waals surface area (Å²) in [6, 6.07) is 8.61. The zero-order valence-corrected chi connectivity index (χ0v) is 7.28. The molecule has 2 heteroatoms. The highest BCUT2D eigenvalue weighted by Crippen LogP contribution is 2.28. The van der Waals surface area contributed by atoms with Crippen LogP contribution >= 0.6 is 0 Å². The highest BCUT2D eigenvalue weighted by atomic mass is 16.3. The molecule has 0 bridgehead atoms. The van der Waals surface area contributed by atoms with Gasteiger partial charge in [0.15, 0.2) is 0 Å². The molecule has 0 atom stereocenters. The average Bonchev–Trinajstić information content (AvgIpc) is 2.06. The summed E-state index contributed by atoms with van der Waals surface area (Å²) in [5.41, 5.74) is 1.01. The second kappa shape index (κ2) is 2.66. The van der Waals surface area contributed by atoms with Crippen LogP contribution in [-0.4, -0.2) is 10.2 Å². The predicted octanol–water partition coefficient (Wildman–Crippen LogP) is 2.56. The van der Waals surface area contributed by atoms with Gasteiger partial charge in [0, 0.05) is 5.39 Å². The molecule has 2 nitrogen and oxygen atoms in total. The van der Waals surface area contributed by atoms with Crippen molar-refractivity contribution in [3.05, 3.63) is 35.9 Å². The van der Waals surface area contributed by atoms with Crippen molar-refractivity contribution in [1.29, 1.82) is 0 Å². The summed E-state index contributed by atoms with van der Waals surface area (Å²) >= 11 is 0. The van der Waals surface area contributed by atoms with E-state index in [1.54, 1.807) is 24.3 Å². The van der Waals surface area contributed by atoms with Gasteiger partial charge in [-0.25, -0.2) is 0 Å². The minimum Gasteiger partial charge on any atom is -0.508 e. The molecular formula is C11H10O2. The Morgan fingerprint density at radius 1 is 1.00 bits per heavy atom. The standard InChI is InChI=1S/C11H10O2/c1-7-4-8-2-3-9(12)6-10(8)11(13)5-7/h2-6,12-13H,1H3. The number of aryl methyl sites for hydroxylation is 1. The fraction of sp³-hybridized carbons (Fsp3) is 0.0909. The molecule has 13 heavy (non-hydrogen) atoms. The minimum absolute atomic E-state index is 0.173. The summed E-state index contributed by atoms with van der Waals surface area (Å²) in [6.07, 6.45) is 0. The first kappa shape index (κ1) is 7.92. The number of rotatable bonds is 0. The maximum Gasteiger partial charge on any atom is 0.123 e. The van der Waals surface area contributed by atoms with Crippen LogP contribution in [0.2, 0.25) is 0 Å². The SMILES string of the molecule is Cc1cc(O)c2cc(O)ccc2c1. The van der Waals surface area contributed by atoms with Crippen molar-refractivity contribution in [3.63, 3.8) is 0 Å². The van der Waals surface area contributed by atoms with E-state index in [0.717, 1.165) is 10.9 Å². The van der Waals surface area contributed by atoms with Crippen LogP contribution in [-0.2, 0) is 0 Å². The van der Waals surface area contributed by atoms with Gasteiger partial charge in [-0.2, -0.15) is 0 Å². The molecule has 0 saturated carbocycles. The lowest BCUT2D eigenvalue weighted by atomic mass is 10.1. The van der Waals surface area contributed by atoms with Crippen molar-refractivity contribution in [2.75, 3.05) is 0 Å². The van der Waals surface area contributed by atoms with E-state index in [2.05, 4.69) is 0 Å². The molecule has 0 amide bonds. The van der Waals surface area contributed by atoms with Gasteiger partial charge in [-0.15, -0.1) is 0 Å². The summed E-state index contributed by atoms with van der Waals surface area (Å²) in [6.45, 7) is 1.92. The van der Waals surface area contributed by atoms with Crippen LogP contribution in [0, 0.1) is 6.92 Å². The van der Waals surface area contributed by atoms with Crippen LogP contribution in [0.25, 0.3) is 10.8 Å². The minimum atomic E-state index is 0.173. The molecule has 2 aromatic carbocycles. The largest absolute Gasteiger partial charge is 0.508 e. The van der Waals surface area contributed by atoms with Crippen LogP contribution in [0.1, 0.15) is 5.56 Å². The molecule has 0 unspecified atom stereocenters. The van der Waals surface area contributed by atoms with Crippen LogP contribution in [0.5, 0.6) is 11.5 Å². The Morgan fingerprint density at radius 2 is 1.77 bits per heavy atom. The third-order valence-corrected chi connectivity index (χ3v) is 2.06. The third-order valence-electron chi connectivity index (χ3n) is 2.06. The zero-order valence-electron chi connectivity index (χ0n) is 7.28. The molecule has 2 aromatic rings. The molecule has 0 radical (unpaired) electrons. The van der Waals surface area contributed by atoms with Crippen LogP contribution in [0.15, 0.2) is 30.3 Å². The van der Waals surface area contributed by atoms with Crippen molar-refractivity contribution < 1.29 is 10.2 Å². The van der Waals surface area contributed by atoms with E-state index in [-0.39, 0.29) is 11.5 Å². The molecule has 0 aliphatic heterocycles. The van der Waals surface area contributed by atoms with Crippen LogP contribution in [0.3, 0.4) is 0 Å².